The van der Waals surface area contributed by atoms with Crippen LogP contribution in [0.15, 0.2) is 60.2 Å². The summed E-state index contributed by atoms with van der Waals surface area (Å²) in [5, 5.41) is 2.97. The molecule has 4 aliphatic carbocycles. The largest absolute Gasteiger partial charge is 0.335 e. The van der Waals surface area contributed by atoms with Gasteiger partial charge in [0.15, 0.2) is 0 Å². The molecule has 0 radical (unpaired) electrons. The van der Waals surface area contributed by atoms with Gasteiger partial charge in [-0.25, -0.2) is 9.69 Å². The van der Waals surface area contributed by atoms with Crippen LogP contribution in [-0.4, -0.2) is 22.4 Å². The van der Waals surface area contributed by atoms with E-state index in [1.165, 1.54) is 44.1 Å². The summed E-state index contributed by atoms with van der Waals surface area (Å²) in [6, 6.07) is 16.6. The summed E-state index contributed by atoms with van der Waals surface area (Å²) in [5.74, 6) is 1.18. The second kappa shape index (κ2) is 9.20. The second-order valence-corrected chi connectivity index (χ2v) is 12.7. The minimum atomic E-state index is -0.726. The van der Waals surface area contributed by atoms with Gasteiger partial charge in [0, 0.05) is 11.4 Å². The molecule has 4 saturated carbocycles. The number of carbonyl (C=O) groups excluding carboxylic acids is 3. The molecule has 4 amide bonds. The third kappa shape index (κ3) is 3.95. The molecule has 0 atom stereocenters. The van der Waals surface area contributed by atoms with E-state index in [-0.39, 0.29) is 11.0 Å². The lowest BCUT2D eigenvalue weighted by atomic mass is 9.48. The molecule has 0 spiro atoms. The van der Waals surface area contributed by atoms with E-state index >= 15 is 0 Å². The molecule has 7 heteroatoms. The van der Waals surface area contributed by atoms with E-state index < -0.39 is 17.8 Å². The van der Waals surface area contributed by atoms with Crippen LogP contribution in [0.1, 0.15) is 61.0 Å². The number of rotatable bonds is 4. The first-order valence-electron chi connectivity index (χ1n) is 14.2. The van der Waals surface area contributed by atoms with Gasteiger partial charge in [-0.1, -0.05) is 35.9 Å². The van der Waals surface area contributed by atoms with Crippen LogP contribution in [0.2, 0.25) is 5.02 Å². The predicted octanol–water partition coefficient (Wildman–Crippen LogP) is 6.88. The van der Waals surface area contributed by atoms with E-state index in [4.69, 9.17) is 11.6 Å². The Morgan fingerprint density at radius 2 is 1.52 bits per heavy atom. The fourth-order valence-corrected chi connectivity index (χ4v) is 8.63. The van der Waals surface area contributed by atoms with Crippen LogP contribution in [0, 0.1) is 31.6 Å². The molecule has 204 valence electrons. The van der Waals surface area contributed by atoms with E-state index in [0.717, 1.165) is 39.7 Å². The smallest absolute Gasteiger partial charge is 0.316 e. The number of aromatic nitrogens is 1. The molecule has 40 heavy (non-hydrogen) atoms. The van der Waals surface area contributed by atoms with E-state index in [1.807, 2.05) is 60.9 Å². The van der Waals surface area contributed by atoms with Crippen molar-refractivity contribution in [2.45, 2.75) is 57.8 Å². The molecule has 3 aromatic rings. The number of benzene rings is 2. The number of aryl methyl sites for hydroxylation is 1. The Morgan fingerprint density at radius 1 is 0.900 bits per heavy atom. The molecule has 8 rings (SSSR count). The summed E-state index contributed by atoms with van der Waals surface area (Å²) in [7, 11) is 0. The summed E-state index contributed by atoms with van der Waals surface area (Å²) >= 11 is 6.45. The van der Waals surface area contributed by atoms with Crippen LogP contribution in [0.4, 0.5) is 10.5 Å². The maximum atomic E-state index is 13.6. The zero-order valence-corrected chi connectivity index (χ0v) is 23.5. The molecule has 6 nitrogen and oxygen atoms in total. The van der Waals surface area contributed by atoms with Crippen LogP contribution >= 0.6 is 11.6 Å². The summed E-state index contributed by atoms with van der Waals surface area (Å²) in [6.45, 7) is 3.86. The molecule has 5 aliphatic rings. The molecule has 1 saturated heterocycles. The van der Waals surface area contributed by atoms with Crippen molar-refractivity contribution in [1.82, 2.24) is 9.88 Å². The van der Waals surface area contributed by atoms with Crippen molar-refractivity contribution in [3.8, 4) is 5.69 Å². The van der Waals surface area contributed by atoms with Crippen molar-refractivity contribution < 1.29 is 14.4 Å². The monoisotopic (exact) mass is 553 g/mol. The van der Waals surface area contributed by atoms with Gasteiger partial charge in [-0.2, -0.15) is 0 Å². The standard InChI is InChI=1S/C33H32ClN3O3/c1-19-11-24(20(2)36(19)29-6-4-3-5-28(29)34)15-27-30(38)35-32(40)37(31(27)39)26-9-7-25(8-10-26)33-16-21-12-22(17-33)14-23(13-21)18-33/h3-11,15,21-23H,12-14,16-18H2,1-2H3,(H,35,38,40). The molecule has 1 aromatic heterocycles. The van der Waals surface area contributed by atoms with Crippen LogP contribution < -0.4 is 10.2 Å². The number of halogens is 1. The van der Waals surface area contributed by atoms with Gasteiger partial charge < -0.3 is 4.57 Å². The maximum Gasteiger partial charge on any atom is 0.335 e. The zero-order chi connectivity index (χ0) is 27.8. The lowest BCUT2D eigenvalue weighted by Gasteiger charge is -2.57. The topological polar surface area (TPSA) is 71.4 Å². The number of anilines is 1. The molecular formula is C33H32ClN3O3. The molecule has 5 fully saturated rings. The molecular weight excluding hydrogens is 522 g/mol. The number of para-hydroxylation sites is 1. The van der Waals surface area contributed by atoms with Crippen molar-refractivity contribution in [2.75, 3.05) is 4.90 Å². The average Bonchev–Trinajstić information content (AvgIpc) is 3.18. The van der Waals surface area contributed by atoms with E-state index in [2.05, 4.69) is 17.4 Å². The van der Waals surface area contributed by atoms with Gasteiger partial charge in [-0.3, -0.25) is 14.9 Å². The third-order valence-corrected chi connectivity index (χ3v) is 10.1. The van der Waals surface area contributed by atoms with E-state index in [1.54, 1.807) is 6.08 Å². The number of barbiturate groups is 1. The Labute approximate surface area is 239 Å². The van der Waals surface area contributed by atoms with Gasteiger partial charge in [-0.15, -0.1) is 0 Å². The number of nitrogens with zero attached hydrogens (tertiary/aromatic N) is 2. The highest BCUT2D eigenvalue weighted by Crippen LogP contribution is 2.60. The van der Waals surface area contributed by atoms with Crippen molar-refractivity contribution in [3.05, 3.63) is 87.7 Å². The fourth-order valence-electron chi connectivity index (χ4n) is 8.41. The molecule has 2 aromatic carbocycles. The highest BCUT2D eigenvalue weighted by molar-refractivity contribution is 6.39. The van der Waals surface area contributed by atoms with Gasteiger partial charge in [-0.05, 0) is 123 Å². The maximum absolute atomic E-state index is 13.6. The highest BCUT2D eigenvalue weighted by atomic mass is 35.5. The average molecular weight is 554 g/mol. The van der Waals surface area contributed by atoms with Gasteiger partial charge in [0.05, 0.1) is 16.4 Å². The first-order valence-corrected chi connectivity index (χ1v) is 14.6. The summed E-state index contributed by atoms with van der Waals surface area (Å²) < 4.78 is 1.99. The SMILES string of the molecule is Cc1cc(C=C2C(=O)NC(=O)N(c3ccc(C45CC6CC(CC(C6)C4)C5)cc3)C2=O)c(C)n1-c1ccccc1Cl. The van der Waals surface area contributed by atoms with Crippen LogP contribution in [0.5, 0.6) is 0 Å². The molecule has 0 unspecified atom stereocenters. The number of carbonyl (C=O) groups is 3. The van der Waals surface area contributed by atoms with Crippen molar-refractivity contribution in [2.24, 2.45) is 17.8 Å². The zero-order valence-electron chi connectivity index (χ0n) is 22.7. The van der Waals surface area contributed by atoms with Crippen LogP contribution in [0.3, 0.4) is 0 Å². The first kappa shape index (κ1) is 25.3. The van der Waals surface area contributed by atoms with Crippen molar-refractivity contribution in [3.63, 3.8) is 0 Å². The Kier molecular flexibility index (Phi) is 5.83. The number of hydrogen-bond donors (Lipinski definition) is 1. The third-order valence-electron chi connectivity index (χ3n) is 9.74. The minimum absolute atomic E-state index is 0.0795. The van der Waals surface area contributed by atoms with Crippen LogP contribution in [-0.2, 0) is 15.0 Å². The number of amides is 4. The summed E-state index contributed by atoms with van der Waals surface area (Å²) in [5.41, 5.74) is 5.21. The molecule has 1 aliphatic heterocycles. The van der Waals surface area contributed by atoms with Crippen molar-refractivity contribution >= 4 is 41.2 Å². The normalized spacial score (nSPS) is 28.5. The fraction of sp³-hybridized carbons (Fsp3) is 0.364. The molecule has 4 bridgehead atoms. The minimum Gasteiger partial charge on any atom is -0.316 e. The Balaban J connectivity index is 1.20. The Bertz CT molecular complexity index is 1560. The molecule has 1 N–H and O–H groups in total. The number of nitrogens with one attached hydrogen (secondary N) is 1. The summed E-state index contributed by atoms with van der Waals surface area (Å²) in [4.78, 5) is 40.5. The summed E-state index contributed by atoms with van der Waals surface area (Å²) in [6.07, 6.45) is 9.44. The van der Waals surface area contributed by atoms with Crippen LogP contribution in [0.25, 0.3) is 11.8 Å². The Hall–Kier alpha value is -3.64. The number of imide groups is 2. The first-order chi connectivity index (χ1) is 19.2. The van der Waals surface area contributed by atoms with Gasteiger partial charge in [0.1, 0.15) is 5.57 Å². The lowest BCUT2D eigenvalue weighted by molar-refractivity contribution is -0.122. The number of urea groups is 1. The van der Waals surface area contributed by atoms with Gasteiger partial charge in [0.25, 0.3) is 11.8 Å². The Morgan fingerprint density at radius 3 is 2.15 bits per heavy atom. The van der Waals surface area contributed by atoms with E-state index in [9.17, 15) is 14.4 Å². The van der Waals surface area contributed by atoms with Crippen molar-refractivity contribution in [1.29, 1.82) is 0 Å². The van der Waals surface area contributed by atoms with Gasteiger partial charge in [0.2, 0.25) is 0 Å². The van der Waals surface area contributed by atoms with E-state index in [0.29, 0.717) is 16.3 Å². The highest BCUT2D eigenvalue weighted by Gasteiger charge is 2.51. The quantitative estimate of drug-likeness (QED) is 0.283. The molecule has 2 heterocycles. The lowest BCUT2D eigenvalue weighted by Crippen LogP contribution is -2.54. The number of hydrogen-bond acceptors (Lipinski definition) is 3. The predicted molar refractivity (Wildman–Crippen MR) is 156 cm³/mol. The van der Waals surface area contributed by atoms with Gasteiger partial charge >= 0.3 is 6.03 Å². The second-order valence-electron chi connectivity index (χ2n) is 12.3.